The summed E-state index contributed by atoms with van der Waals surface area (Å²) in [6, 6.07) is 9.90. The molecule has 3 nitrogen and oxygen atoms in total. The average Bonchev–Trinajstić information content (AvgIpc) is 2.30. The number of rotatable bonds is 3. The Balaban J connectivity index is 0.000000791. The van der Waals surface area contributed by atoms with Gasteiger partial charge in [-0.05, 0) is 19.1 Å². The first kappa shape index (κ1) is 12.5. The number of benzene rings is 1. The van der Waals surface area contributed by atoms with Crippen LogP contribution in [0.3, 0.4) is 0 Å². The van der Waals surface area contributed by atoms with Crippen molar-refractivity contribution in [1.29, 1.82) is 0 Å². The smallest absolute Gasteiger partial charge is 0.0388 e. The SMILES string of the molecule is C/C(=C/Nc1ccccc1)NN.CC. The standard InChI is InChI=1S/C9H13N3.C2H6/c1-8(12-10)7-11-9-5-3-2-4-6-9;1-2/h2-7,11-12H,10H2,1H3;1-2H3/b8-7-;. The third kappa shape index (κ3) is 5.22. The van der Waals surface area contributed by atoms with Gasteiger partial charge in [-0.1, -0.05) is 32.0 Å². The zero-order valence-corrected chi connectivity index (χ0v) is 9.04. The van der Waals surface area contributed by atoms with Crippen molar-refractivity contribution in [3.8, 4) is 0 Å². The zero-order chi connectivity index (χ0) is 10.8. The van der Waals surface area contributed by atoms with Gasteiger partial charge in [-0.25, -0.2) is 0 Å². The lowest BCUT2D eigenvalue weighted by molar-refractivity contribution is 0.883. The summed E-state index contributed by atoms with van der Waals surface area (Å²) in [5.74, 6) is 5.18. The zero-order valence-electron chi connectivity index (χ0n) is 9.04. The van der Waals surface area contributed by atoms with E-state index in [1.807, 2.05) is 57.3 Å². The molecule has 0 aromatic heterocycles. The summed E-state index contributed by atoms with van der Waals surface area (Å²) in [5.41, 5.74) is 4.47. The lowest BCUT2D eigenvalue weighted by Gasteiger charge is -2.02. The summed E-state index contributed by atoms with van der Waals surface area (Å²) < 4.78 is 0. The molecule has 0 aliphatic carbocycles. The summed E-state index contributed by atoms with van der Waals surface area (Å²) in [6.07, 6.45) is 1.81. The summed E-state index contributed by atoms with van der Waals surface area (Å²) in [7, 11) is 0. The van der Waals surface area contributed by atoms with Crippen molar-refractivity contribution < 1.29 is 0 Å². The first-order chi connectivity index (χ1) is 6.83. The van der Waals surface area contributed by atoms with Crippen LogP contribution in [0, 0.1) is 0 Å². The van der Waals surface area contributed by atoms with Crippen LogP contribution in [0.15, 0.2) is 42.2 Å². The van der Waals surface area contributed by atoms with Crippen molar-refractivity contribution in [2.24, 2.45) is 5.84 Å². The molecule has 3 heteroatoms. The van der Waals surface area contributed by atoms with Gasteiger partial charge in [0.25, 0.3) is 0 Å². The molecule has 0 aliphatic heterocycles. The number of nitrogens with two attached hydrogens (primary N) is 1. The molecule has 0 radical (unpaired) electrons. The van der Waals surface area contributed by atoms with Crippen LogP contribution < -0.4 is 16.6 Å². The van der Waals surface area contributed by atoms with E-state index in [1.165, 1.54) is 0 Å². The number of hydrazine groups is 1. The van der Waals surface area contributed by atoms with Gasteiger partial charge < -0.3 is 10.7 Å². The van der Waals surface area contributed by atoms with E-state index in [0.717, 1.165) is 11.4 Å². The fourth-order valence-electron chi connectivity index (χ4n) is 0.768. The third-order valence-corrected chi connectivity index (χ3v) is 1.46. The van der Waals surface area contributed by atoms with E-state index >= 15 is 0 Å². The predicted molar refractivity (Wildman–Crippen MR) is 62.5 cm³/mol. The number of para-hydroxylation sites is 1. The Morgan fingerprint density at radius 2 is 1.79 bits per heavy atom. The van der Waals surface area contributed by atoms with Gasteiger partial charge in [0.15, 0.2) is 0 Å². The molecule has 0 unspecified atom stereocenters. The van der Waals surface area contributed by atoms with Gasteiger partial charge >= 0.3 is 0 Å². The van der Waals surface area contributed by atoms with E-state index in [1.54, 1.807) is 0 Å². The molecule has 0 aliphatic rings. The van der Waals surface area contributed by atoms with E-state index < -0.39 is 0 Å². The Morgan fingerprint density at radius 1 is 1.21 bits per heavy atom. The Hall–Kier alpha value is -1.48. The maximum atomic E-state index is 5.18. The van der Waals surface area contributed by atoms with E-state index in [2.05, 4.69) is 10.7 Å². The third-order valence-electron chi connectivity index (χ3n) is 1.46. The van der Waals surface area contributed by atoms with Crippen LogP contribution >= 0.6 is 0 Å². The summed E-state index contributed by atoms with van der Waals surface area (Å²) in [4.78, 5) is 0. The molecule has 0 spiro atoms. The fourth-order valence-corrected chi connectivity index (χ4v) is 0.768. The number of hydrogen-bond donors (Lipinski definition) is 3. The minimum Gasteiger partial charge on any atom is -0.360 e. The second kappa shape index (κ2) is 8.13. The molecular formula is C11H19N3. The molecule has 0 bridgehead atoms. The molecule has 0 heterocycles. The van der Waals surface area contributed by atoms with Crippen molar-refractivity contribution in [1.82, 2.24) is 5.43 Å². The molecular weight excluding hydrogens is 174 g/mol. The number of hydrogen-bond acceptors (Lipinski definition) is 3. The van der Waals surface area contributed by atoms with Gasteiger partial charge in [-0.3, -0.25) is 5.84 Å². The number of nitrogens with one attached hydrogen (secondary N) is 2. The molecule has 0 saturated heterocycles. The van der Waals surface area contributed by atoms with Gasteiger partial charge in [0, 0.05) is 17.6 Å². The Bertz CT molecular complexity index is 254. The van der Waals surface area contributed by atoms with Crippen LogP contribution in [0.2, 0.25) is 0 Å². The molecule has 1 rings (SSSR count). The highest BCUT2D eigenvalue weighted by molar-refractivity contribution is 5.45. The summed E-state index contributed by atoms with van der Waals surface area (Å²) in [6.45, 7) is 5.88. The summed E-state index contributed by atoms with van der Waals surface area (Å²) in [5, 5.41) is 3.09. The number of anilines is 1. The van der Waals surface area contributed by atoms with Crippen LogP contribution in [0.5, 0.6) is 0 Å². The van der Waals surface area contributed by atoms with Crippen molar-refractivity contribution in [3.63, 3.8) is 0 Å². The maximum absolute atomic E-state index is 5.18. The minimum atomic E-state index is 0.888. The molecule has 1 aromatic carbocycles. The van der Waals surface area contributed by atoms with Crippen molar-refractivity contribution in [3.05, 3.63) is 42.2 Å². The minimum absolute atomic E-state index is 0.888. The fraction of sp³-hybridized carbons (Fsp3) is 0.273. The average molecular weight is 193 g/mol. The highest BCUT2D eigenvalue weighted by Crippen LogP contribution is 2.04. The lowest BCUT2D eigenvalue weighted by atomic mass is 10.3. The van der Waals surface area contributed by atoms with Crippen LogP contribution in [-0.2, 0) is 0 Å². The van der Waals surface area contributed by atoms with Crippen LogP contribution in [-0.4, -0.2) is 0 Å². The van der Waals surface area contributed by atoms with E-state index in [9.17, 15) is 0 Å². The van der Waals surface area contributed by atoms with Crippen LogP contribution in [0.1, 0.15) is 20.8 Å². The predicted octanol–water partition coefficient (Wildman–Crippen LogP) is 2.45. The highest BCUT2D eigenvalue weighted by Gasteiger charge is 1.85. The van der Waals surface area contributed by atoms with Gasteiger partial charge in [0.1, 0.15) is 0 Å². The molecule has 0 amide bonds. The van der Waals surface area contributed by atoms with Crippen molar-refractivity contribution in [2.45, 2.75) is 20.8 Å². The molecule has 4 N–H and O–H groups in total. The Kier molecular flexibility index (Phi) is 7.27. The largest absolute Gasteiger partial charge is 0.360 e. The molecule has 1 aromatic rings. The van der Waals surface area contributed by atoms with Gasteiger partial charge in [0.2, 0.25) is 0 Å². The van der Waals surface area contributed by atoms with Crippen molar-refractivity contribution >= 4 is 5.69 Å². The monoisotopic (exact) mass is 193 g/mol. The van der Waals surface area contributed by atoms with Gasteiger partial charge in [-0.2, -0.15) is 0 Å². The highest BCUT2D eigenvalue weighted by atomic mass is 15.2. The normalized spacial score (nSPS) is 9.86. The van der Waals surface area contributed by atoms with Crippen LogP contribution in [0.25, 0.3) is 0 Å². The lowest BCUT2D eigenvalue weighted by Crippen LogP contribution is -2.19. The Labute approximate surface area is 86.0 Å². The van der Waals surface area contributed by atoms with E-state index in [0.29, 0.717) is 0 Å². The summed E-state index contributed by atoms with van der Waals surface area (Å²) >= 11 is 0. The molecule has 0 saturated carbocycles. The topological polar surface area (TPSA) is 50.1 Å². The van der Waals surface area contributed by atoms with Gasteiger partial charge in [0.05, 0.1) is 0 Å². The Morgan fingerprint density at radius 3 is 2.29 bits per heavy atom. The van der Waals surface area contributed by atoms with E-state index in [-0.39, 0.29) is 0 Å². The molecule has 0 fully saturated rings. The first-order valence-corrected chi connectivity index (χ1v) is 4.78. The second-order valence-corrected chi connectivity index (χ2v) is 2.48. The van der Waals surface area contributed by atoms with Crippen molar-refractivity contribution in [2.75, 3.05) is 5.32 Å². The van der Waals surface area contributed by atoms with E-state index in [4.69, 9.17) is 5.84 Å². The first-order valence-electron chi connectivity index (χ1n) is 4.78. The quantitative estimate of drug-likeness (QED) is 0.510. The van der Waals surface area contributed by atoms with Crippen LogP contribution in [0.4, 0.5) is 5.69 Å². The molecule has 78 valence electrons. The van der Waals surface area contributed by atoms with Gasteiger partial charge in [-0.15, -0.1) is 0 Å². The number of allylic oxidation sites excluding steroid dienone is 1. The second-order valence-electron chi connectivity index (χ2n) is 2.48. The molecule has 0 atom stereocenters. The molecule has 14 heavy (non-hydrogen) atoms. The maximum Gasteiger partial charge on any atom is 0.0388 e.